The Morgan fingerprint density at radius 3 is 2.95 bits per heavy atom. The molecule has 3 N–H and O–H groups in total. The van der Waals surface area contributed by atoms with E-state index in [-0.39, 0.29) is 12.2 Å². The molecule has 0 bridgehead atoms. The van der Waals surface area contributed by atoms with Gasteiger partial charge in [0, 0.05) is 11.0 Å². The molecule has 0 radical (unpaired) electrons. The zero-order chi connectivity index (χ0) is 14.5. The minimum absolute atomic E-state index is 0.0610. The molecule has 20 heavy (non-hydrogen) atoms. The van der Waals surface area contributed by atoms with Crippen LogP contribution in [0, 0.1) is 0 Å². The van der Waals surface area contributed by atoms with Crippen LogP contribution < -0.4 is 10.5 Å². The third kappa shape index (κ3) is 3.34. The van der Waals surface area contributed by atoms with E-state index in [0.29, 0.717) is 24.6 Å². The van der Waals surface area contributed by atoms with Gasteiger partial charge in [-0.25, -0.2) is 9.48 Å². The first-order valence-corrected chi connectivity index (χ1v) is 6.65. The van der Waals surface area contributed by atoms with Gasteiger partial charge in [-0.05, 0) is 18.2 Å². The van der Waals surface area contributed by atoms with Gasteiger partial charge in [-0.1, -0.05) is 27.2 Å². The number of halogens is 1. The van der Waals surface area contributed by atoms with Gasteiger partial charge in [0.1, 0.15) is 12.4 Å². The van der Waals surface area contributed by atoms with E-state index >= 15 is 0 Å². The van der Waals surface area contributed by atoms with Crippen molar-refractivity contribution in [3.05, 3.63) is 40.1 Å². The van der Waals surface area contributed by atoms with Gasteiger partial charge in [-0.3, -0.25) is 0 Å². The number of aromatic carboxylic acids is 1. The number of carboxylic acids is 1. The Morgan fingerprint density at radius 2 is 2.30 bits per heavy atom. The van der Waals surface area contributed by atoms with Crippen molar-refractivity contribution in [3.63, 3.8) is 0 Å². The van der Waals surface area contributed by atoms with Gasteiger partial charge >= 0.3 is 5.97 Å². The van der Waals surface area contributed by atoms with E-state index in [9.17, 15) is 4.79 Å². The van der Waals surface area contributed by atoms with Crippen LogP contribution in [-0.4, -0.2) is 32.7 Å². The second kappa shape index (κ2) is 6.49. The molecule has 2 rings (SSSR count). The number of carbonyl (C=O) groups is 1. The predicted molar refractivity (Wildman–Crippen MR) is 74.5 cm³/mol. The zero-order valence-corrected chi connectivity index (χ0v) is 12.1. The molecule has 2 aromatic rings. The van der Waals surface area contributed by atoms with Crippen molar-refractivity contribution in [3.8, 4) is 5.75 Å². The molecule has 7 nitrogen and oxygen atoms in total. The number of rotatable bonds is 6. The van der Waals surface area contributed by atoms with E-state index in [1.54, 1.807) is 0 Å². The van der Waals surface area contributed by atoms with Gasteiger partial charge in [0.25, 0.3) is 0 Å². The largest absolute Gasteiger partial charge is 0.492 e. The summed E-state index contributed by atoms with van der Waals surface area (Å²) in [7, 11) is 0. The highest BCUT2D eigenvalue weighted by Crippen LogP contribution is 2.17. The Labute approximate surface area is 123 Å². The van der Waals surface area contributed by atoms with Crippen LogP contribution >= 0.6 is 15.9 Å². The highest BCUT2D eigenvalue weighted by molar-refractivity contribution is 9.10. The molecule has 0 amide bonds. The SMILES string of the molecule is NCc1c(C(=O)O)nnn1CCOc1cccc(Br)c1. The van der Waals surface area contributed by atoms with Crippen LogP contribution in [0.2, 0.25) is 0 Å². The molecule has 1 aromatic heterocycles. The third-order valence-corrected chi connectivity index (χ3v) is 3.09. The summed E-state index contributed by atoms with van der Waals surface area (Å²) in [6.07, 6.45) is 0. The summed E-state index contributed by atoms with van der Waals surface area (Å²) in [5.74, 6) is -0.420. The zero-order valence-electron chi connectivity index (χ0n) is 10.5. The smallest absolute Gasteiger partial charge is 0.358 e. The van der Waals surface area contributed by atoms with Crippen molar-refractivity contribution < 1.29 is 14.6 Å². The van der Waals surface area contributed by atoms with E-state index in [1.165, 1.54) is 4.68 Å². The highest BCUT2D eigenvalue weighted by atomic mass is 79.9. The summed E-state index contributed by atoms with van der Waals surface area (Å²) in [5, 5.41) is 16.3. The fraction of sp³-hybridized carbons (Fsp3) is 0.250. The van der Waals surface area contributed by atoms with E-state index in [2.05, 4.69) is 26.2 Å². The van der Waals surface area contributed by atoms with Crippen LogP contribution in [0.1, 0.15) is 16.2 Å². The van der Waals surface area contributed by atoms with Crippen LogP contribution in [0.25, 0.3) is 0 Å². The lowest BCUT2D eigenvalue weighted by atomic mass is 10.3. The normalized spacial score (nSPS) is 10.5. The van der Waals surface area contributed by atoms with Crippen LogP contribution in [0.3, 0.4) is 0 Å². The van der Waals surface area contributed by atoms with Gasteiger partial charge in [0.15, 0.2) is 5.69 Å². The Morgan fingerprint density at radius 1 is 1.50 bits per heavy atom. The minimum atomic E-state index is -1.13. The monoisotopic (exact) mass is 340 g/mol. The first kappa shape index (κ1) is 14.5. The molecule has 0 aliphatic heterocycles. The standard InChI is InChI=1S/C12H13BrN4O3/c13-8-2-1-3-9(6-8)20-5-4-17-10(7-14)11(12(18)19)15-16-17/h1-3,6H,4-5,7,14H2,(H,18,19). The van der Waals surface area contributed by atoms with E-state index < -0.39 is 5.97 Å². The second-order valence-corrected chi connectivity index (χ2v) is 4.84. The van der Waals surface area contributed by atoms with E-state index in [0.717, 1.165) is 4.47 Å². The van der Waals surface area contributed by atoms with Gasteiger partial charge in [0.2, 0.25) is 0 Å². The van der Waals surface area contributed by atoms with Crippen molar-refractivity contribution in [2.45, 2.75) is 13.1 Å². The van der Waals surface area contributed by atoms with Crippen LogP contribution in [0.5, 0.6) is 5.75 Å². The Bertz CT molecular complexity index is 614. The molecule has 0 aliphatic carbocycles. The number of aromatic nitrogens is 3. The molecule has 0 unspecified atom stereocenters. The number of benzene rings is 1. The average molecular weight is 341 g/mol. The summed E-state index contributed by atoms with van der Waals surface area (Å²) >= 11 is 3.35. The van der Waals surface area contributed by atoms with Crippen LogP contribution in [-0.2, 0) is 13.1 Å². The molecule has 106 valence electrons. The summed E-state index contributed by atoms with van der Waals surface area (Å²) in [5.41, 5.74) is 5.79. The fourth-order valence-corrected chi connectivity index (χ4v) is 2.07. The van der Waals surface area contributed by atoms with Crippen LogP contribution in [0.4, 0.5) is 0 Å². The number of nitrogens with zero attached hydrogens (tertiary/aromatic N) is 3. The molecule has 8 heteroatoms. The number of carboxylic acid groups (broad SMARTS) is 1. The maximum Gasteiger partial charge on any atom is 0.358 e. The van der Waals surface area contributed by atoms with Crippen molar-refractivity contribution in [1.82, 2.24) is 15.0 Å². The van der Waals surface area contributed by atoms with Crippen LogP contribution in [0.15, 0.2) is 28.7 Å². The lowest BCUT2D eigenvalue weighted by Crippen LogP contribution is -2.16. The van der Waals surface area contributed by atoms with Crippen molar-refractivity contribution in [2.75, 3.05) is 6.61 Å². The summed E-state index contributed by atoms with van der Waals surface area (Å²) in [6.45, 7) is 0.775. The minimum Gasteiger partial charge on any atom is -0.492 e. The number of ether oxygens (including phenoxy) is 1. The Kier molecular flexibility index (Phi) is 4.70. The summed E-state index contributed by atoms with van der Waals surface area (Å²) in [4.78, 5) is 10.9. The van der Waals surface area contributed by atoms with Gasteiger partial charge in [0.05, 0.1) is 12.2 Å². The number of hydrogen-bond donors (Lipinski definition) is 2. The van der Waals surface area contributed by atoms with Gasteiger partial charge < -0.3 is 15.6 Å². The average Bonchev–Trinajstić information content (AvgIpc) is 2.82. The number of nitrogens with two attached hydrogens (primary N) is 1. The fourth-order valence-electron chi connectivity index (χ4n) is 1.69. The molecular formula is C12H13BrN4O3. The molecule has 1 aromatic carbocycles. The van der Waals surface area contributed by atoms with Crippen molar-refractivity contribution in [2.24, 2.45) is 5.73 Å². The van der Waals surface area contributed by atoms with Gasteiger partial charge in [-0.2, -0.15) is 0 Å². The predicted octanol–water partition coefficient (Wildman–Crippen LogP) is 1.28. The first-order valence-electron chi connectivity index (χ1n) is 5.86. The summed E-state index contributed by atoms with van der Waals surface area (Å²) < 4.78 is 7.92. The maximum atomic E-state index is 10.9. The Balaban J connectivity index is 1.99. The molecular weight excluding hydrogens is 328 g/mol. The lowest BCUT2D eigenvalue weighted by Gasteiger charge is -2.08. The first-order chi connectivity index (χ1) is 9.61. The van der Waals surface area contributed by atoms with E-state index in [1.807, 2.05) is 24.3 Å². The lowest BCUT2D eigenvalue weighted by molar-refractivity contribution is 0.0689. The summed E-state index contributed by atoms with van der Waals surface area (Å²) in [6, 6.07) is 7.44. The molecule has 1 heterocycles. The van der Waals surface area contributed by atoms with E-state index in [4.69, 9.17) is 15.6 Å². The Hall–Kier alpha value is -1.93. The van der Waals surface area contributed by atoms with Crippen molar-refractivity contribution in [1.29, 1.82) is 0 Å². The van der Waals surface area contributed by atoms with Gasteiger partial charge in [-0.15, -0.1) is 5.10 Å². The molecule has 0 fully saturated rings. The maximum absolute atomic E-state index is 10.9. The molecule has 0 saturated heterocycles. The molecule has 0 saturated carbocycles. The van der Waals surface area contributed by atoms with Crippen molar-refractivity contribution >= 4 is 21.9 Å². The number of hydrogen-bond acceptors (Lipinski definition) is 5. The third-order valence-electron chi connectivity index (χ3n) is 2.60. The molecule has 0 aliphatic rings. The highest BCUT2D eigenvalue weighted by Gasteiger charge is 2.17. The molecule has 0 atom stereocenters. The quantitative estimate of drug-likeness (QED) is 0.820. The topological polar surface area (TPSA) is 103 Å². The second-order valence-electron chi connectivity index (χ2n) is 3.92. The molecule has 0 spiro atoms.